The summed E-state index contributed by atoms with van der Waals surface area (Å²) < 4.78 is 10.7. The van der Waals surface area contributed by atoms with Crippen LogP contribution < -0.4 is 10.2 Å². The smallest absolute Gasteiger partial charge is 0.193 e. The number of aliphatic imine (C=N–C) groups is 1. The van der Waals surface area contributed by atoms with Crippen molar-refractivity contribution in [1.29, 1.82) is 0 Å². The summed E-state index contributed by atoms with van der Waals surface area (Å²) >= 11 is 1.77. The average molecular weight is 523 g/mol. The van der Waals surface area contributed by atoms with Gasteiger partial charge in [-0.3, -0.25) is 4.99 Å². The maximum atomic E-state index is 5.68. The number of nitrogens with zero attached hydrogens (tertiary/aromatic N) is 4. The van der Waals surface area contributed by atoms with Crippen LogP contribution in [0.4, 0.5) is 5.13 Å². The molecule has 160 valence electrons. The number of rotatable bonds is 9. The van der Waals surface area contributed by atoms with Crippen molar-refractivity contribution in [1.82, 2.24) is 15.2 Å². The third-order valence-electron chi connectivity index (χ3n) is 5.16. The zero-order chi connectivity index (χ0) is 18.9. The van der Waals surface area contributed by atoms with E-state index >= 15 is 0 Å². The topological polar surface area (TPSA) is 62.2 Å². The minimum absolute atomic E-state index is 0. The van der Waals surface area contributed by atoms with E-state index in [0.717, 1.165) is 58.1 Å². The largest absolute Gasteiger partial charge is 0.382 e. The van der Waals surface area contributed by atoms with Gasteiger partial charge >= 0.3 is 0 Å². The molecule has 9 heteroatoms. The van der Waals surface area contributed by atoms with Crippen LogP contribution in [-0.2, 0) is 15.9 Å². The van der Waals surface area contributed by atoms with E-state index in [1.807, 2.05) is 7.05 Å². The van der Waals surface area contributed by atoms with E-state index in [2.05, 4.69) is 25.5 Å². The minimum Gasteiger partial charge on any atom is -0.382 e. The second-order valence-electron chi connectivity index (χ2n) is 7.21. The molecule has 2 fully saturated rings. The molecule has 0 spiro atoms. The zero-order valence-electron chi connectivity index (χ0n) is 17.1. The van der Waals surface area contributed by atoms with Gasteiger partial charge in [0, 0.05) is 64.6 Å². The molecule has 0 aliphatic carbocycles. The van der Waals surface area contributed by atoms with Crippen molar-refractivity contribution >= 4 is 46.4 Å². The molecule has 2 aliphatic heterocycles. The molecule has 0 radical (unpaired) electrons. The van der Waals surface area contributed by atoms with Gasteiger partial charge in [0.2, 0.25) is 0 Å². The van der Waals surface area contributed by atoms with Gasteiger partial charge in [0.1, 0.15) is 0 Å². The van der Waals surface area contributed by atoms with Crippen molar-refractivity contribution < 1.29 is 9.47 Å². The van der Waals surface area contributed by atoms with Crippen LogP contribution in [0.2, 0.25) is 0 Å². The number of anilines is 1. The highest BCUT2D eigenvalue weighted by molar-refractivity contribution is 14.0. The number of ether oxygens (including phenoxy) is 2. The molecule has 0 bridgehead atoms. The van der Waals surface area contributed by atoms with Gasteiger partial charge in [-0.15, -0.1) is 35.3 Å². The molecule has 1 N–H and O–H groups in total. The molecule has 28 heavy (non-hydrogen) atoms. The number of aromatic nitrogens is 1. The monoisotopic (exact) mass is 523 g/mol. The summed E-state index contributed by atoms with van der Waals surface area (Å²) in [6.45, 7) is 7.35. The SMILES string of the molecule is CN=C(NCCc1csc(N2CCCC2)n1)N1CCC(COCCOC)C1.I. The Kier molecular flexibility index (Phi) is 10.8. The van der Waals surface area contributed by atoms with Crippen LogP contribution in [0.5, 0.6) is 0 Å². The Morgan fingerprint density at radius 1 is 1.32 bits per heavy atom. The molecule has 1 unspecified atom stereocenters. The van der Waals surface area contributed by atoms with E-state index in [4.69, 9.17) is 14.5 Å². The first-order chi connectivity index (χ1) is 13.3. The summed E-state index contributed by atoms with van der Waals surface area (Å²) in [5.74, 6) is 1.56. The number of likely N-dealkylation sites (tertiary alicyclic amines) is 1. The third-order valence-corrected chi connectivity index (χ3v) is 6.11. The van der Waals surface area contributed by atoms with Gasteiger partial charge in [0.15, 0.2) is 11.1 Å². The summed E-state index contributed by atoms with van der Waals surface area (Å²) in [5.41, 5.74) is 1.18. The number of thiazole rings is 1. The van der Waals surface area contributed by atoms with E-state index in [1.54, 1.807) is 18.4 Å². The quantitative estimate of drug-likeness (QED) is 0.232. The highest BCUT2D eigenvalue weighted by Gasteiger charge is 2.25. The van der Waals surface area contributed by atoms with Crippen molar-refractivity contribution in [2.24, 2.45) is 10.9 Å². The Balaban J connectivity index is 0.00000280. The number of hydrogen-bond donors (Lipinski definition) is 1. The lowest BCUT2D eigenvalue weighted by Crippen LogP contribution is -2.41. The number of guanidine groups is 1. The van der Waals surface area contributed by atoms with Crippen molar-refractivity contribution in [2.45, 2.75) is 25.7 Å². The van der Waals surface area contributed by atoms with E-state index in [1.165, 1.54) is 23.7 Å². The summed E-state index contributed by atoms with van der Waals surface area (Å²) in [6.07, 6.45) is 4.67. The molecule has 0 amide bonds. The first-order valence-electron chi connectivity index (χ1n) is 10.0. The van der Waals surface area contributed by atoms with Crippen molar-refractivity contribution in [3.05, 3.63) is 11.1 Å². The van der Waals surface area contributed by atoms with Crippen LogP contribution in [0.15, 0.2) is 10.4 Å². The molecule has 3 rings (SSSR count). The molecule has 1 atom stereocenters. The molecule has 1 aromatic heterocycles. The normalized spacial score (nSPS) is 19.9. The molecule has 1 aromatic rings. The highest BCUT2D eigenvalue weighted by Crippen LogP contribution is 2.24. The minimum atomic E-state index is 0. The van der Waals surface area contributed by atoms with Crippen molar-refractivity contribution in [3.63, 3.8) is 0 Å². The summed E-state index contributed by atoms with van der Waals surface area (Å²) in [7, 11) is 3.56. The fourth-order valence-electron chi connectivity index (χ4n) is 3.65. The molecule has 2 aliphatic rings. The van der Waals surface area contributed by atoms with E-state index in [0.29, 0.717) is 19.1 Å². The Labute approximate surface area is 189 Å². The predicted molar refractivity (Wildman–Crippen MR) is 126 cm³/mol. The van der Waals surface area contributed by atoms with E-state index in [-0.39, 0.29) is 24.0 Å². The predicted octanol–water partition coefficient (Wildman–Crippen LogP) is 2.46. The molecule has 2 saturated heterocycles. The van der Waals surface area contributed by atoms with Gasteiger partial charge in [0.05, 0.1) is 25.5 Å². The standard InChI is InChI=1S/C19H33N5O2S.HI/c1-20-18(24-10-6-16(13-24)14-26-12-11-25-2)21-7-5-17-15-27-19(22-17)23-8-3-4-9-23;/h15-16H,3-14H2,1-2H3,(H,20,21);1H. The number of halogens is 1. The van der Waals surface area contributed by atoms with Gasteiger partial charge in [-0.2, -0.15) is 0 Å². The fourth-order valence-corrected chi connectivity index (χ4v) is 4.57. The van der Waals surface area contributed by atoms with Gasteiger partial charge in [-0.25, -0.2) is 4.98 Å². The number of hydrogen-bond acceptors (Lipinski definition) is 6. The number of nitrogens with one attached hydrogen (secondary N) is 1. The lowest BCUT2D eigenvalue weighted by atomic mass is 10.1. The van der Waals surface area contributed by atoms with Crippen LogP contribution in [-0.4, -0.2) is 82.5 Å². The molecule has 0 saturated carbocycles. The average Bonchev–Trinajstić information content (AvgIpc) is 3.44. The lowest BCUT2D eigenvalue weighted by Gasteiger charge is -2.21. The Morgan fingerprint density at radius 2 is 2.14 bits per heavy atom. The highest BCUT2D eigenvalue weighted by atomic mass is 127. The molecule has 0 aromatic carbocycles. The van der Waals surface area contributed by atoms with Crippen LogP contribution in [0, 0.1) is 5.92 Å². The maximum Gasteiger partial charge on any atom is 0.193 e. The fraction of sp³-hybridized carbons (Fsp3) is 0.789. The van der Waals surface area contributed by atoms with E-state index in [9.17, 15) is 0 Å². The van der Waals surface area contributed by atoms with Crippen LogP contribution in [0.1, 0.15) is 25.0 Å². The van der Waals surface area contributed by atoms with Gasteiger partial charge in [0.25, 0.3) is 0 Å². The molecule has 3 heterocycles. The molecule has 7 nitrogen and oxygen atoms in total. The van der Waals surface area contributed by atoms with Crippen LogP contribution in [0.3, 0.4) is 0 Å². The molecular weight excluding hydrogens is 489 g/mol. The summed E-state index contributed by atoms with van der Waals surface area (Å²) in [4.78, 5) is 14.0. The van der Waals surface area contributed by atoms with E-state index < -0.39 is 0 Å². The van der Waals surface area contributed by atoms with Gasteiger partial charge in [-0.1, -0.05) is 0 Å². The third kappa shape index (κ3) is 7.00. The second-order valence-corrected chi connectivity index (χ2v) is 8.04. The maximum absolute atomic E-state index is 5.68. The van der Waals surface area contributed by atoms with Crippen molar-refractivity contribution in [2.75, 3.05) is 71.6 Å². The van der Waals surface area contributed by atoms with Crippen LogP contribution in [0.25, 0.3) is 0 Å². The Morgan fingerprint density at radius 3 is 2.89 bits per heavy atom. The van der Waals surface area contributed by atoms with Gasteiger partial charge < -0.3 is 24.6 Å². The van der Waals surface area contributed by atoms with Gasteiger partial charge in [-0.05, 0) is 19.3 Å². The molecular formula is C19H34IN5O2S. The second kappa shape index (κ2) is 12.8. The lowest BCUT2D eigenvalue weighted by molar-refractivity contribution is 0.0536. The number of methoxy groups -OCH3 is 1. The van der Waals surface area contributed by atoms with Crippen molar-refractivity contribution in [3.8, 4) is 0 Å². The Bertz CT molecular complexity index is 595. The van der Waals surface area contributed by atoms with Crippen LogP contribution >= 0.6 is 35.3 Å². The zero-order valence-corrected chi connectivity index (χ0v) is 20.2. The first kappa shape index (κ1) is 23.6. The summed E-state index contributed by atoms with van der Waals surface area (Å²) in [5, 5.41) is 6.88. The summed E-state index contributed by atoms with van der Waals surface area (Å²) in [6, 6.07) is 0. The Hall–Kier alpha value is -0.650. The first-order valence-corrected chi connectivity index (χ1v) is 10.9.